The van der Waals surface area contributed by atoms with Gasteiger partial charge in [-0.1, -0.05) is 24.6 Å². The first kappa shape index (κ1) is 15.3. The van der Waals surface area contributed by atoms with Gasteiger partial charge in [0.1, 0.15) is 0 Å². The Morgan fingerprint density at radius 1 is 1.30 bits per heavy atom. The summed E-state index contributed by atoms with van der Waals surface area (Å²) in [7, 11) is 2.23. The molecule has 112 valence electrons. The summed E-state index contributed by atoms with van der Waals surface area (Å²) in [6.07, 6.45) is 3.44. The van der Waals surface area contributed by atoms with Gasteiger partial charge in [0, 0.05) is 38.5 Å². The highest BCUT2D eigenvalue weighted by molar-refractivity contribution is 5.55. The van der Waals surface area contributed by atoms with Gasteiger partial charge in [-0.25, -0.2) is 0 Å². The van der Waals surface area contributed by atoms with E-state index in [9.17, 15) is 0 Å². The summed E-state index contributed by atoms with van der Waals surface area (Å²) in [5, 5.41) is 3.53. The number of hydrogen-bond donors (Lipinski definition) is 1. The van der Waals surface area contributed by atoms with Crippen LogP contribution in [0.5, 0.6) is 0 Å². The van der Waals surface area contributed by atoms with Crippen molar-refractivity contribution in [3.8, 4) is 0 Å². The van der Waals surface area contributed by atoms with E-state index in [1.807, 2.05) is 0 Å². The lowest BCUT2D eigenvalue weighted by atomic mass is 10.0. The highest BCUT2D eigenvalue weighted by Crippen LogP contribution is 2.26. The Hall–Kier alpha value is -1.06. The first-order valence-electron chi connectivity index (χ1n) is 7.83. The van der Waals surface area contributed by atoms with Crippen molar-refractivity contribution in [2.45, 2.75) is 45.7 Å². The fourth-order valence-corrected chi connectivity index (χ4v) is 2.87. The summed E-state index contributed by atoms with van der Waals surface area (Å²) in [6.45, 7) is 8.20. The zero-order valence-corrected chi connectivity index (χ0v) is 13.1. The molecule has 1 aromatic rings. The molecular weight excluding hydrogens is 248 g/mol. The third-order valence-electron chi connectivity index (χ3n) is 4.10. The van der Waals surface area contributed by atoms with Crippen molar-refractivity contribution in [1.29, 1.82) is 0 Å². The average Bonchev–Trinajstić information content (AvgIpc) is 2.48. The van der Waals surface area contributed by atoms with Gasteiger partial charge in [0.05, 0.1) is 0 Å². The zero-order chi connectivity index (χ0) is 14.4. The fraction of sp³-hybridized carbons (Fsp3) is 0.647. The van der Waals surface area contributed by atoms with Crippen molar-refractivity contribution in [1.82, 2.24) is 5.32 Å². The van der Waals surface area contributed by atoms with E-state index in [1.54, 1.807) is 0 Å². The number of nitrogens with zero attached hydrogens (tertiary/aromatic N) is 1. The average molecular weight is 276 g/mol. The molecule has 0 atom stereocenters. The lowest BCUT2D eigenvalue weighted by Gasteiger charge is -2.34. The van der Waals surface area contributed by atoms with Crippen LogP contribution in [-0.4, -0.2) is 32.8 Å². The van der Waals surface area contributed by atoms with Crippen LogP contribution in [0.2, 0.25) is 0 Å². The molecule has 2 rings (SSSR count). The maximum Gasteiger partial charge on any atom is 0.0485 e. The molecule has 0 aliphatic carbocycles. The highest BCUT2D eigenvalue weighted by Gasteiger charge is 2.20. The zero-order valence-electron chi connectivity index (χ0n) is 13.1. The van der Waals surface area contributed by atoms with Gasteiger partial charge < -0.3 is 15.0 Å². The third kappa shape index (κ3) is 3.97. The maximum absolute atomic E-state index is 5.48. The minimum atomic E-state index is 0.608. The van der Waals surface area contributed by atoms with Crippen LogP contribution in [0.1, 0.15) is 37.3 Å². The van der Waals surface area contributed by atoms with Crippen LogP contribution < -0.4 is 10.2 Å². The summed E-state index contributed by atoms with van der Waals surface area (Å²) >= 11 is 0. The molecule has 20 heavy (non-hydrogen) atoms. The Kier molecular flexibility index (Phi) is 5.86. The molecule has 0 saturated carbocycles. The number of nitrogens with one attached hydrogen (secondary N) is 1. The van der Waals surface area contributed by atoms with Crippen molar-refractivity contribution in [2.75, 3.05) is 31.7 Å². The molecule has 0 unspecified atom stereocenters. The number of anilines is 1. The minimum Gasteiger partial charge on any atom is -0.381 e. The standard InChI is InChI=1S/C17H28N2O/c1-4-9-18-13-15-12-14(2)5-6-17(15)19(3)16-7-10-20-11-8-16/h5-6,12,16,18H,4,7-11,13H2,1-3H3. The quantitative estimate of drug-likeness (QED) is 0.808. The van der Waals surface area contributed by atoms with Gasteiger partial charge in [0.2, 0.25) is 0 Å². The molecule has 1 aliphatic heterocycles. The van der Waals surface area contributed by atoms with E-state index in [0.29, 0.717) is 6.04 Å². The molecule has 1 aliphatic rings. The summed E-state index contributed by atoms with van der Waals surface area (Å²) in [5.74, 6) is 0. The van der Waals surface area contributed by atoms with Crippen molar-refractivity contribution in [3.05, 3.63) is 29.3 Å². The van der Waals surface area contributed by atoms with Gasteiger partial charge in [-0.2, -0.15) is 0 Å². The molecule has 0 amide bonds. The Morgan fingerprint density at radius 2 is 2.05 bits per heavy atom. The molecule has 1 heterocycles. The fourth-order valence-electron chi connectivity index (χ4n) is 2.87. The van der Waals surface area contributed by atoms with Crippen LogP contribution in [0.4, 0.5) is 5.69 Å². The van der Waals surface area contributed by atoms with Crippen LogP contribution in [0.3, 0.4) is 0 Å². The van der Waals surface area contributed by atoms with E-state index in [4.69, 9.17) is 4.74 Å². The predicted molar refractivity (Wildman–Crippen MR) is 85.4 cm³/mol. The molecule has 0 spiro atoms. The second-order valence-electron chi connectivity index (χ2n) is 5.76. The van der Waals surface area contributed by atoms with Crippen molar-refractivity contribution in [3.63, 3.8) is 0 Å². The molecular formula is C17H28N2O. The van der Waals surface area contributed by atoms with E-state index >= 15 is 0 Å². The summed E-state index contributed by atoms with van der Waals surface area (Å²) in [6, 6.07) is 7.41. The molecule has 3 heteroatoms. The molecule has 1 fully saturated rings. The van der Waals surface area contributed by atoms with Gasteiger partial charge in [0.25, 0.3) is 0 Å². The van der Waals surface area contributed by atoms with Crippen LogP contribution in [0.25, 0.3) is 0 Å². The van der Waals surface area contributed by atoms with Gasteiger partial charge in [-0.3, -0.25) is 0 Å². The number of benzene rings is 1. The van der Waals surface area contributed by atoms with E-state index in [0.717, 1.165) is 39.1 Å². The molecule has 0 bridgehead atoms. The smallest absolute Gasteiger partial charge is 0.0485 e. The lowest BCUT2D eigenvalue weighted by molar-refractivity contribution is 0.0854. The first-order valence-corrected chi connectivity index (χ1v) is 7.83. The Bertz CT molecular complexity index is 413. The monoisotopic (exact) mass is 276 g/mol. The normalized spacial score (nSPS) is 16.4. The summed E-state index contributed by atoms with van der Waals surface area (Å²) in [5.41, 5.74) is 4.11. The maximum atomic E-state index is 5.48. The first-order chi connectivity index (χ1) is 9.72. The van der Waals surface area contributed by atoms with Crippen LogP contribution in [-0.2, 0) is 11.3 Å². The van der Waals surface area contributed by atoms with Crippen LogP contribution in [0, 0.1) is 6.92 Å². The summed E-state index contributed by atoms with van der Waals surface area (Å²) in [4.78, 5) is 2.45. The van der Waals surface area contributed by atoms with Crippen molar-refractivity contribution >= 4 is 5.69 Å². The highest BCUT2D eigenvalue weighted by atomic mass is 16.5. The topological polar surface area (TPSA) is 24.5 Å². The van der Waals surface area contributed by atoms with E-state index < -0.39 is 0 Å². The third-order valence-corrected chi connectivity index (χ3v) is 4.10. The van der Waals surface area contributed by atoms with Crippen molar-refractivity contribution in [2.24, 2.45) is 0 Å². The minimum absolute atomic E-state index is 0.608. The molecule has 0 radical (unpaired) electrons. The van der Waals surface area contributed by atoms with Crippen LogP contribution in [0.15, 0.2) is 18.2 Å². The Morgan fingerprint density at radius 3 is 2.75 bits per heavy atom. The number of ether oxygens (including phenoxy) is 1. The summed E-state index contributed by atoms with van der Waals surface area (Å²) < 4.78 is 5.48. The second kappa shape index (κ2) is 7.65. The molecule has 1 N–H and O–H groups in total. The Labute approximate surface area is 123 Å². The van der Waals surface area contributed by atoms with E-state index in [2.05, 4.69) is 49.3 Å². The Balaban J connectivity index is 2.11. The van der Waals surface area contributed by atoms with Gasteiger partial charge >= 0.3 is 0 Å². The SMILES string of the molecule is CCCNCc1cc(C)ccc1N(C)C1CCOCC1. The molecule has 1 saturated heterocycles. The van der Waals surface area contributed by atoms with Gasteiger partial charge in [0.15, 0.2) is 0 Å². The number of aryl methyl sites for hydroxylation is 1. The second-order valence-corrected chi connectivity index (χ2v) is 5.76. The number of rotatable bonds is 6. The van der Waals surface area contributed by atoms with Crippen LogP contribution >= 0.6 is 0 Å². The van der Waals surface area contributed by atoms with Gasteiger partial charge in [-0.05, 0) is 44.4 Å². The molecule has 1 aromatic carbocycles. The molecule has 0 aromatic heterocycles. The van der Waals surface area contributed by atoms with E-state index in [-0.39, 0.29) is 0 Å². The lowest BCUT2D eigenvalue weighted by Crippen LogP contribution is -2.37. The largest absolute Gasteiger partial charge is 0.381 e. The molecule has 3 nitrogen and oxygen atoms in total. The van der Waals surface area contributed by atoms with Gasteiger partial charge in [-0.15, -0.1) is 0 Å². The number of hydrogen-bond acceptors (Lipinski definition) is 3. The predicted octanol–water partition coefficient (Wildman–Crippen LogP) is 3.11. The van der Waals surface area contributed by atoms with Crippen molar-refractivity contribution < 1.29 is 4.74 Å². The van der Waals surface area contributed by atoms with E-state index in [1.165, 1.54) is 23.2 Å².